The van der Waals surface area contributed by atoms with Gasteiger partial charge < -0.3 is 10.1 Å². The molecule has 0 aliphatic rings. The lowest BCUT2D eigenvalue weighted by Gasteiger charge is -2.15. The molecule has 0 aliphatic heterocycles. The lowest BCUT2D eigenvalue weighted by Crippen LogP contribution is -2.49. The van der Waals surface area contributed by atoms with Gasteiger partial charge in [-0.15, -0.1) is 0 Å². The SMILES string of the molecule is COc1cccc(NC(=S)NNC(=S)NNc2ccccc2)c1. The number of hydrogen-bond acceptors (Lipinski definition) is 4. The molecule has 8 heteroatoms. The van der Waals surface area contributed by atoms with Crippen LogP contribution >= 0.6 is 24.4 Å². The molecular weight excluding hydrogens is 330 g/mol. The van der Waals surface area contributed by atoms with Crippen molar-refractivity contribution in [2.24, 2.45) is 0 Å². The first kappa shape index (κ1) is 16.8. The molecule has 2 aromatic carbocycles. The molecule has 2 rings (SSSR count). The summed E-state index contributed by atoms with van der Waals surface area (Å²) in [5, 5.41) is 3.74. The second-order valence-corrected chi connectivity index (χ2v) is 5.20. The van der Waals surface area contributed by atoms with E-state index in [0.717, 1.165) is 17.1 Å². The van der Waals surface area contributed by atoms with Crippen molar-refractivity contribution in [3.05, 3.63) is 54.6 Å². The highest BCUT2D eigenvalue weighted by atomic mass is 32.1. The minimum absolute atomic E-state index is 0.351. The fraction of sp³-hybridized carbons (Fsp3) is 0.0667. The van der Waals surface area contributed by atoms with Crippen molar-refractivity contribution < 1.29 is 4.74 Å². The molecule has 0 saturated carbocycles. The zero-order valence-electron chi connectivity index (χ0n) is 12.4. The number of ether oxygens (including phenoxy) is 1. The Morgan fingerprint density at radius 2 is 1.52 bits per heavy atom. The second-order valence-electron chi connectivity index (χ2n) is 4.38. The number of para-hydroxylation sites is 1. The summed E-state index contributed by atoms with van der Waals surface area (Å²) in [6.07, 6.45) is 0. The quantitative estimate of drug-likeness (QED) is 0.427. The number of nitrogens with one attached hydrogen (secondary N) is 5. The summed E-state index contributed by atoms with van der Waals surface area (Å²) in [6, 6.07) is 17.0. The maximum atomic E-state index is 5.18. The Labute approximate surface area is 145 Å². The van der Waals surface area contributed by atoms with E-state index in [1.807, 2.05) is 54.6 Å². The van der Waals surface area contributed by atoms with Gasteiger partial charge in [0.05, 0.1) is 12.8 Å². The molecule has 0 aromatic heterocycles. The third-order valence-corrected chi connectivity index (χ3v) is 3.12. The van der Waals surface area contributed by atoms with Gasteiger partial charge >= 0.3 is 0 Å². The summed E-state index contributed by atoms with van der Waals surface area (Å²) >= 11 is 10.3. The summed E-state index contributed by atoms with van der Waals surface area (Å²) in [7, 11) is 1.61. The number of rotatable bonds is 4. The van der Waals surface area contributed by atoms with Crippen molar-refractivity contribution >= 4 is 46.0 Å². The molecule has 0 radical (unpaired) electrons. The third-order valence-electron chi connectivity index (χ3n) is 2.71. The largest absolute Gasteiger partial charge is 0.497 e. The van der Waals surface area contributed by atoms with E-state index in [2.05, 4.69) is 27.0 Å². The van der Waals surface area contributed by atoms with Crippen LogP contribution in [0.4, 0.5) is 11.4 Å². The fourth-order valence-corrected chi connectivity index (χ4v) is 1.93. The third kappa shape index (κ3) is 5.97. The standard InChI is InChI=1S/C15H17N5OS2/c1-21-13-9-5-8-12(10-13)16-14(22)18-20-15(23)19-17-11-6-3-2-4-7-11/h2-10,17H,1H3,(H2,16,18,22)(H2,19,20,23). The van der Waals surface area contributed by atoms with E-state index in [1.165, 1.54) is 0 Å². The molecule has 0 bridgehead atoms. The van der Waals surface area contributed by atoms with Crippen LogP contribution in [-0.2, 0) is 0 Å². The highest BCUT2D eigenvalue weighted by Crippen LogP contribution is 2.16. The predicted molar refractivity (Wildman–Crippen MR) is 101 cm³/mol. The highest BCUT2D eigenvalue weighted by molar-refractivity contribution is 7.80. The average Bonchev–Trinajstić information content (AvgIpc) is 2.59. The number of hydrazine groups is 2. The van der Waals surface area contributed by atoms with Crippen LogP contribution < -0.4 is 31.8 Å². The first-order chi connectivity index (χ1) is 11.2. The van der Waals surface area contributed by atoms with Crippen LogP contribution in [0.2, 0.25) is 0 Å². The Hall–Kier alpha value is -2.58. The van der Waals surface area contributed by atoms with Crippen molar-refractivity contribution in [2.45, 2.75) is 0 Å². The minimum Gasteiger partial charge on any atom is -0.497 e. The van der Waals surface area contributed by atoms with E-state index in [1.54, 1.807) is 7.11 Å². The zero-order chi connectivity index (χ0) is 16.5. The van der Waals surface area contributed by atoms with Crippen LogP contribution in [0.25, 0.3) is 0 Å². The Kier molecular flexibility index (Phi) is 6.40. The molecule has 2 aromatic rings. The van der Waals surface area contributed by atoms with Gasteiger partial charge in [0.2, 0.25) is 5.11 Å². The van der Waals surface area contributed by atoms with Gasteiger partial charge in [-0.05, 0) is 48.7 Å². The van der Waals surface area contributed by atoms with E-state index >= 15 is 0 Å². The Morgan fingerprint density at radius 1 is 0.826 bits per heavy atom. The summed E-state index contributed by atoms with van der Waals surface area (Å²) < 4.78 is 5.15. The van der Waals surface area contributed by atoms with Crippen LogP contribution in [0, 0.1) is 0 Å². The maximum Gasteiger partial charge on any atom is 0.204 e. The topological polar surface area (TPSA) is 69.4 Å². The number of methoxy groups -OCH3 is 1. The lowest BCUT2D eigenvalue weighted by atomic mass is 10.3. The summed E-state index contributed by atoms with van der Waals surface area (Å²) in [5.74, 6) is 0.745. The van der Waals surface area contributed by atoms with Crippen molar-refractivity contribution in [2.75, 3.05) is 17.9 Å². The molecule has 0 atom stereocenters. The highest BCUT2D eigenvalue weighted by Gasteiger charge is 2.00. The molecule has 0 unspecified atom stereocenters. The van der Waals surface area contributed by atoms with Gasteiger partial charge in [0.15, 0.2) is 5.11 Å². The van der Waals surface area contributed by atoms with Crippen LogP contribution in [-0.4, -0.2) is 17.3 Å². The van der Waals surface area contributed by atoms with E-state index in [0.29, 0.717) is 10.2 Å². The van der Waals surface area contributed by atoms with Crippen LogP contribution in [0.15, 0.2) is 54.6 Å². The van der Waals surface area contributed by atoms with Gasteiger partial charge in [0.1, 0.15) is 5.75 Å². The van der Waals surface area contributed by atoms with Crippen molar-refractivity contribution in [1.82, 2.24) is 16.3 Å². The average molecular weight is 347 g/mol. The van der Waals surface area contributed by atoms with Gasteiger partial charge in [-0.25, -0.2) is 0 Å². The Balaban J connectivity index is 1.72. The van der Waals surface area contributed by atoms with Gasteiger partial charge in [0.25, 0.3) is 0 Å². The van der Waals surface area contributed by atoms with Crippen molar-refractivity contribution in [3.63, 3.8) is 0 Å². The molecule has 0 fully saturated rings. The van der Waals surface area contributed by atoms with Gasteiger partial charge in [-0.3, -0.25) is 21.7 Å². The van der Waals surface area contributed by atoms with E-state index in [4.69, 9.17) is 29.2 Å². The molecule has 120 valence electrons. The van der Waals surface area contributed by atoms with Crippen molar-refractivity contribution in [3.8, 4) is 5.75 Å². The summed E-state index contributed by atoms with van der Waals surface area (Å²) in [6.45, 7) is 0. The van der Waals surface area contributed by atoms with Crippen molar-refractivity contribution in [1.29, 1.82) is 0 Å². The van der Waals surface area contributed by atoms with Gasteiger partial charge in [-0.2, -0.15) is 0 Å². The number of anilines is 2. The van der Waals surface area contributed by atoms with Crippen LogP contribution in [0.3, 0.4) is 0 Å². The smallest absolute Gasteiger partial charge is 0.204 e. The van der Waals surface area contributed by atoms with E-state index in [9.17, 15) is 0 Å². The number of thiocarbonyl (C=S) groups is 2. The van der Waals surface area contributed by atoms with Crippen LogP contribution in [0.5, 0.6) is 5.75 Å². The zero-order valence-corrected chi connectivity index (χ0v) is 14.1. The predicted octanol–water partition coefficient (Wildman–Crippen LogP) is 2.39. The first-order valence-electron chi connectivity index (χ1n) is 6.75. The normalized spacial score (nSPS) is 9.43. The number of hydrogen-bond donors (Lipinski definition) is 5. The molecule has 0 spiro atoms. The maximum absolute atomic E-state index is 5.18. The molecule has 0 saturated heterocycles. The molecule has 0 amide bonds. The van der Waals surface area contributed by atoms with Gasteiger partial charge in [-0.1, -0.05) is 24.3 Å². The Morgan fingerprint density at radius 3 is 2.26 bits per heavy atom. The van der Waals surface area contributed by atoms with Crippen LogP contribution in [0.1, 0.15) is 0 Å². The fourth-order valence-electron chi connectivity index (χ4n) is 1.66. The molecule has 0 heterocycles. The first-order valence-corrected chi connectivity index (χ1v) is 7.57. The molecule has 0 aliphatic carbocycles. The van der Waals surface area contributed by atoms with E-state index in [-0.39, 0.29) is 0 Å². The monoisotopic (exact) mass is 347 g/mol. The lowest BCUT2D eigenvalue weighted by molar-refractivity contribution is 0.415. The Bertz CT molecular complexity index is 666. The number of benzene rings is 2. The van der Waals surface area contributed by atoms with Gasteiger partial charge in [0, 0.05) is 11.8 Å². The summed E-state index contributed by atoms with van der Waals surface area (Å²) in [5.41, 5.74) is 13.1. The van der Waals surface area contributed by atoms with E-state index < -0.39 is 0 Å². The second kappa shape index (κ2) is 8.76. The molecule has 6 nitrogen and oxygen atoms in total. The molecule has 23 heavy (non-hydrogen) atoms. The summed E-state index contributed by atoms with van der Waals surface area (Å²) in [4.78, 5) is 0. The molecular formula is C15H17N5OS2. The molecule has 5 N–H and O–H groups in total. The minimum atomic E-state index is 0.351.